The van der Waals surface area contributed by atoms with Crippen LogP contribution in [0.4, 0.5) is 15.0 Å². The number of carbonyl (C=O) groups excluding carboxylic acids is 2. The third-order valence-electron chi connectivity index (χ3n) is 7.54. The fourth-order valence-corrected chi connectivity index (χ4v) is 5.37. The maximum atomic E-state index is 14.3. The summed E-state index contributed by atoms with van der Waals surface area (Å²) in [6.45, 7) is 8.68. The van der Waals surface area contributed by atoms with Crippen molar-refractivity contribution >= 4 is 17.8 Å². The van der Waals surface area contributed by atoms with Crippen LogP contribution in [-0.2, 0) is 16.0 Å². The van der Waals surface area contributed by atoms with Crippen LogP contribution in [0.1, 0.15) is 48.9 Å². The molecule has 5 rings (SSSR count). The standard InChI is InChI=1S/C36H38FN5O6/c1-36(2,3)48-35(44)42-14-7-13-41(15-16-42)22-24-8-5-9-25(18-24)28-20-30(27-12-11-26(37)19-32(27)47-23-45-4)39-33(29(28)21-38)40-34(43)31-10-6-17-46-31/h5-6,8-12,17-20H,7,13-16,22-23H2,1-4H3,(H,39,40,43). The van der Waals surface area contributed by atoms with E-state index in [1.807, 2.05) is 45.0 Å². The van der Waals surface area contributed by atoms with Crippen LogP contribution in [0.5, 0.6) is 5.75 Å². The topological polar surface area (TPSA) is 130 Å². The van der Waals surface area contributed by atoms with Crippen molar-refractivity contribution < 1.29 is 32.6 Å². The molecule has 2 amide bonds. The molecular formula is C36H38FN5O6. The van der Waals surface area contributed by atoms with Crippen molar-refractivity contribution in [2.45, 2.75) is 39.3 Å². The number of pyridine rings is 1. The predicted molar refractivity (Wildman–Crippen MR) is 177 cm³/mol. The van der Waals surface area contributed by atoms with Gasteiger partial charge in [-0.15, -0.1) is 0 Å². The van der Waals surface area contributed by atoms with Gasteiger partial charge in [-0.3, -0.25) is 9.69 Å². The van der Waals surface area contributed by atoms with E-state index in [2.05, 4.69) is 21.3 Å². The Bertz CT molecular complexity index is 1800. The molecule has 12 heteroatoms. The van der Waals surface area contributed by atoms with E-state index in [-0.39, 0.29) is 35.8 Å². The van der Waals surface area contributed by atoms with Crippen molar-refractivity contribution in [3.05, 3.63) is 89.6 Å². The Balaban J connectivity index is 1.49. The van der Waals surface area contributed by atoms with Gasteiger partial charge in [0.1, 0.15) is 28.8 Å². The Morgan fingerprint density at radius 1 is 1.04 bits per heavy atom. The minimum absolute atomic E-state index is 0.00794. The zero-order valence-corrected chi connectivity index (χ0v) is 27.4. The molecule has 0 atom stereocenters. The second kappa shape index (κ2) is 15.1. The van der Waals surface area contributed by atoms with E-state index < -0.39 is 17.3 Å². The molecule has 1 fully saturated rings. The van der Waals surface area contributed by atoms with E-state index in [0.717, 1.165) is 18.5 Å². The quantitative estimate of drug-likeness (QED) is 0.196. The summed E-state index contributed by atoms with van der Waals surface area (Å²) in [6, 6.07) is 18.8. The molecule has 0 bridgehead atoms. The van der Waals surface area contributed by atoms with Gasteiger partial charge in [0.25, 0.3) is 5.91 Å². The number of amides is 2. The summed E-state index contributed by atoms with van der Waals surface area (Å²) in [5.41, 5.74) is 2.57. The minimum Gasteiger partial charge on any atom is -0.467 e. The number of rotatable bonds is 9. The number of ether oxygens (including phenoxy) is 3. The molecule has 1 saturated heterocycles. The van der Waals surface area contributed by atoms with Crippen molar-refractivity contribution in [1.29, 1.82) is 5.26 Å². The van der Waals surface area contributed by atoms with Crippen molar-refractivity contribution in [3.8, 4) is 34.2 Å². The molecule has 2 aromatic heterocycles. The Labute approximate surface area is 278 Å². The van der Waals surface area contributed by atoms with Crippen molar-refractivity contribution in [2.24, 2.45) is 0 Å². The van der Waals surface area contributed by atoms with Crippen LogP contribution in [0.2, 0.25) is 0 Å². The predicted octanol–water partition coefficient (Wildman–Crippen LogP) is 6.70. The molecule has 11 nitrogen and oxygen atoms in total. The maximum Gasteiger partial charge on any atom is 0.410 e. The highest BCUT2D eigenvalue weighted by atomic mass is 19.1. The molecule has 0 radical (unpaired) electrons. The number of aromatic nitrogens is 1. The van der Waals surface area contributed by atoms with Crippen LogP contribution < -0.4 is 10.1 Å². The Hall–Kier alpha value is -5.25. The summed E-state index contributed by atoms with van der Waals surface area (Å²) < 4.78 is 35.8. The summed E-state index contributed by atoms with van der Waals surface area (Å²) in [5.74, 6) is -0.867. The van der Waals surface area contributed by atoms with Gasteiger partial charge in [0, 0.05) is 57.0 Å². The lowest BCUT2D eigenvalue weighted by atomic mass is 9.96. The number of nitriles is 1. The molecule has 1 aliphatic heterocycles. The largest absolute Gasteiger partial charge is 0.467 e. The summed E-state index contributed by atoms with van der Waals surface area (Å²) >= 11 is 0. The van der Waals surface area contributed by atoms with Gasteiger partial charge in [0.05, 0.1) is 12.0 Å². The molecular weight excluding hydrogens is 617 g/mol. The first-order chi connectivity index (χ1) is 23.0. The van der Waals surface area contributed by atoms with Gasteiger partial charge in [-0.05, 0) is 74.7 Å². The van der Waals surface area contributed by atoms with Crippen LogP contribution >= 0.6 is 0 Å². The number of carbonyl (C=O) groups is 2. The van der Waals surface area contributed by atoms with Crippen molar-refractivity contribution in [2.75, 3.05) is 45.4 Å². The van der Waals surface area contributed by atoms with Crippen LogP contribution in [0.25, 0.3) is 22.4 Å². The van der Waals surface area contributed by atoms with Gasteiger partial charge in [0.15, 0.2) is 18.4 Å². The van der Waals surface area contributed by atoms with Gasteiger partial charge in [0.2, 0.25) is 0 Å². The Morgan fingerprint density at radius 3 is 2.60 bits per heavy atom. The fraction of sp³-hybridized carbons (Fsp3) is 0.333. The fourth-order valence-electron chi connectivity index (χ4n) is 5.37. The summed E-state index contributed by atoms with van der Waals surface area (Å²) in [6.07, 6.45) is 1.86. The lowest BCUT2D eigenvalue weighted by molar-refractivity contribution is 0.0257. The third kappa shape index (κ3) is 8.56. The van der Waals surface area contributed by atoms with E-state index in [4.69, 9.17) is 18.6 Å². The average Bonchev–Trinajstić information content (AvgIpc) is 3.50. The molecule has 4 aromatic rings. The lowest BCUT2D eigenvalue weighted by Gasteiger charge is -2.26. The highest BCUT2D eigenvalue weighted by Gasteiger charge is 2.25. The number of halogens is 1. The highest BCUT2D eigenvalue weighted by molar-refractivity contribution is 6.03. The number of methoxy groups -OCH3 is 1. The summed E-state index contributed by atoms with van der Waals surface area (Å²) in [7, 11) is 1.45. The zero-order valence-electron chi connectivity index (χ0n) is 27.4. The molecule has 0 unspecified atom stereocenters. The second-order valence-electron chi connectivity index (χ2n) is 12.3. The SMILES string of the molecule is COCOc1cc(F)ccc1-c1cc(-c2cccc(CN3CCCN(C(=O)OC(C)(C)C)CC3)c2)c(C#N)c(NC(=O)c2ccco2)n1. The van der Waals surface area contributed by atoms with Crippen LogP contribution in [0, 0.1) is 17.1 Å². The van der Waals surface area contributed by atoms with Crippen LogP contribution in [-0.4, -0.2) is 72.5 Å². The molecule has 3 heterocycles. The smallest absolute Gasteiger partial charge is 0.410 e. The molecule has 2 aromatic carbocycles. The molecule has 1 N–H and O–H groups in total. The number of hydrogen-bond acceptors (Lipinski definition) is 9. The number of furan rings is 1. The highest BCUT2D eigenvalue weighted by Crippen LogP contribution is 2.37. The zero-order chi connectivity index (χ0) is 34.3. The average molecular weight is 656 g/mol. The third-order valence-corrected chi connectivity index (χ3v) is 7.54. The van der Waals surface area contributed by atoms with Crippen LogP contribution in [0.15, 0.2) is 71.3 Å². The molecule has 1 aliphatic rings. The lowest BCUT2D eigenvalue weighted by Crippen LogP contribution is -2.39. The first kappa shape index (κ1) is 34.1. The van der Waals surface area contributed by atoms with E-state index >= 15 is 0 Å². The molecule has 0 aliphatic carbocycles. The number of anilines is 1. The van der Waals surface area contributed by atoms with Gasteiger partial charge < -0.3 is 28.8 Å². The first-order valence-corrected chi connectivity index (χ1v) is 15.6. The number of hydrogen-bond donors (Lipinski definition) is 1. The first-order valence-electron chi connectivity index (χ1n) is 15.6. The van der Waals surface area contributed by atoms with Gasteiger partial charge in [-0.25, -0.2) is 14.2 Å². The normalized spacial score (nSPS) is 13.8. The van der Waals surface area contributed by atoms with Gasteiger partial charge in [-0.1, -0.05) is 18.2 Å². The Morgan fingerprint density at radius 2 is 1.88 bits per heavy atom. The monoisotopic (exact) mass is 655 g/mol. The molecule has 0 spiro atoms. The number of nitrogens with one attached hydrogen (secondary N) is 1. The summed E-state index contributed by atoms with van der Waals surface area (Å²) in [4.78, 5) is 34.4. The van der Waals surface area contributed by atoms with E-state index in [1.54, 1.807) is 17.0 Å². The van der Waals surface area contributed by atoms with Gasteiger partial charge >= 0.3 is 6.09 Å². The van der Waals surface area contributed by atoms with E-state index in [9.17, 15) is 19.2 Å². The summed E-state index contributed by atoms with van der Waals surface area (Å²) in [5, 5.41) is 13.1. The maximum absolute atomic E-state index is 14.3. The van der Waals surface area contributed by atoms with E-state index in [0.29, 0.717) is 48.6 Å². The molecule has 0 saturated carbocycles. The van der Waals surface area contributed by atoms with Crippen LogP contribution in [0.3, 0.4) is 0 Å². The molecule has 48 heavy (non-hydrogen) atoms. The Kier molecular flexibility index (Phi) is 10.7. The number of nitrogens with zero attached hydrogens (tertiary/aromatic N) is 4. The molecule has 250 valence electrons. The second-order valence-corrected chi connectivity index (χ2v) is 12.3. The van der Waals surface area contributed by atoms with Crippen molar-refractivity contribution in [3.63, 3.8) is 0 Å². The van der Waals surface area contributed by atoms with E-state index in [1.165, 1.54) is 37.6 Å². The number of benzene rings is 2. The van der Waals surface area contributed by atoms with Crippen molar-refractivity contribution in [1.82, 2.24) is 14.8 Å². The minimum atomic E-state index is -0.586. The van der Waals surface area contributed by atoms with Gasteiger partial charge in [-0.2, -0.15) is 5.26 Å².